The molecular formula is C15H15N3O3. The Morgan fingerprint density at radius 2 is 1.90 bits per heavy atom. The van der Waals surface area contributed by atoms with Gasteiger partial charge in [-0.2, -0.15) is 5.26 Å². The summed E-state index contributed by atoms with van der Waals surface area (Å²) in [6, 6.07) is 8.42. The number of carbonyl (C=O) groups is 3. The van der Waals surface area contributed by atoms with Gasteiger partial charge >= 0.3 is 0 Å². The van der Waals surface area contributed by atoms with Gasteiger partial charge in [-0.15, -0.1) is 0 Å². The molecule has 1 aliphatic rings. The van der Waals surface area contributed by atoms with Crippen molar-refractivity contribution >= 4 is 23.4 Å². The molecule has 6 heteroatoms. The molecule has 3 amide bonds. The summed E-state index contributed by atoms with van der Waals surface area (Å²) in [5, 5.41) is 11.4. The first kappa shape index (κ1) is 14.7. The zero-order valence-electron chi connectivity index (χ0n) is 11.5. The first-order chi connectivity index (χ1) is 10.1. The van der Waals surface area contributed by atoms with E-state index in [9.17, 15) is 14.4 Å². The number of anilines is 1. The van der Waals surface area contributed by atoms with Gasteiger partial charge < -0.3 is 5.32 Å². The Kier molecular flexibility index (Phi) is 4.67. The van der Waals surface area contributed by atoms with Crippen molar-refractivity contribution in [1.29, 1.82) is 5.26 Å². The third-order valence-corrected chi connectivity index (χ3v) is 3.21. The van der Waals surface area contributed by atoms with Crippen molar-refractivity contribution in [3.05, 3.63) is 29.8 Å². The van der Waals surface area contributed by atoms with Gasteiger partial charge in [0, 0.05) is 18.5 Å². The van der Waals surface area contributed by atoms with Crippen molar-refractivity contribution in [2.75, 3.05) is 11.9 Å². The quantitative estimate of drug-likeness (QED) is 0.850. The van der Waals surface area contributed by atoms with Crippen LogP contribution in [0.3, 0.4) is 0 Å². The summed E-state index contributed by atoms with van der Waals surface area (Å²) in [5.74, 6) is -1.06. The number of likely N-dealkylation sites (tertiary alicyclic amines) is 1. The van der Waals surface area contributed by atoms with Crippen LogP contribution in [0.15, 0.2) is 24.3 Å². The van der Waals surface area contributed by atoms with Gasteiger partial charge in [0.05, 0.1) is 11.6 Å². The molecule has 1 N–H and O–H groups in total. The lowest BCUT2D eigenvalue weighted by molar-refractivity contribution is -0.146. The van der Waals surface area contributed by atoms with Gasteiger partial charge in [-0.05, 0) is 31.0 Å². The third-order valence-electron chi connectivity index (χ3n) is 3.21. The summed E-state index contributed by atoms with van der Waals surface area (Å²) in [7, 11) is 0. The average Bonchev–Trinajstić information content (AvgIpc) is 2.62. The molecule has 0 bridgehead atoms. The molecule has 0 atom stereocenters. The Bertz CT molecular complexity index is 601. The Morgan fingerprint density at radius 1 is 1.24 bits per heavy atom. The number of nitrogens with zero attached hydrogens (tertiary/aromatic N) is 2. The summed E-state index contributed by atoms with van der Waals surface area (Å²) < 4.78 is 0. The number of benzene rings is 1. The minimum Gasteiger partial charge on any atom is -0.324 e. The van der Waals surface area contributed by atoms with Crippen LogP contribution in [0.2, 0.25) is 0 Å². The van der Waals surface area contributed by atoms with Crippen LogP contribution in [-0.2, 0) is 14.4 Å². The van der Waals surface area contributed by atoms with E-state index in [4.69, 9.17) is 5.26 Å². The van der Waals surface area contributed by atoms with Gasteiger partial charge in [0.1, 0.15) is 6.54 Å². The topological polar surface area (TPSA) is 90.3 Å². The van der Waals surface area contributed by atoms with Crippen LogP contribution in [0.5, 0.6) is 0 Å². The minimum absolute atomic E-state index is 0.283. The molecule has 1 aliphatic heterocycles. The van der Waals surface area contributed by atoms with E-state index in [0.717, 1.165) is 4.90 Å². The lowest BCUT2D eigenvalue weighted by Crippen LogP contribution is -2.41. The van der Waals surface area contributed by atoms with E-state index in [0.29, 0.717) is 36.9 Å². The smallest absolute Gasteiger partial charge is 0.244 e. The van der Waals surface area contributed by atoms with Crippen molar-refractivity contribution in [2.24, 2.45) is 0 Å². The first-order valence-corrected chi connectivity index (χ1v) is 6.73. The Labute approximate surface area is 122 Å². The summed E-state index contributed by atoms with van der Waals surface area (Å²) in [6.07, 6.45) is 1.94. The Hall–Kier alpha value is -2.68. The molecule has 0 spiro atoms. The highest BCUT2D eigenvalue weighted by molar-refractivity contribution is 6.02. The third kappa shape index (κ3) is 3.89. The van der Waals surface area contributed by atoms with Crippen molar-refractivity contribution in [3.63, 3.8) is 0 Å². The predicted molar refractivity (Wildman–Crippen MR) is 75.0 cm³/mol. The van der Waals surface area contributed by atoms with Gasteiger partial charge in [-0.3, -0.25) is 19.3 Å². The second-order valence-corrected chi connectivity index (χ2v) is 4.82. The molecule has 0 aliphatic carbocycles. The van der Waals surface area contributed by atoms with Gasteiger partial charge in [0.25, 0.3) is 0 Å². The van der Waals surface area contributed by atoms with Crippen LogP contribution in [0, 0.1) is 11.3 Å². The molecule has 0 unspecified atom stereocenters. The van der Waals surface area contributed by atoms with Crippen LogP contribution in [0.1, 0.15) is 31.2 Å². The number of imide groups is 1. The molecule has 0 aromatic heterocycles. The molecule has 1 aromatic carbocycles. The van der Waals surface area contributed by atoms with Gasteiger partial charge in [0.15, 0.2) is 0 Å². The molecule has 21 heavy (non-hydrogen) atoms. The maximum atomic E-state index is 11.9. The molecule has 108 valence electrons. The summed E-state index contributed by atoms with van der Waals surface area (Å²) >= 11 is 0. The minimum atomic E-state index is -0.450. The summed E-state index contributed by atoms with van der Waals surface area (Å²) in [5.41, 5.74) is 0.892. The number of hydrogen-bond donors (Lipinski definition) is 1. The normalized spacial score (nSPS) is 15.3. The van der Waals surface area contributed by atoms with Crippen LogP contribution >= 0.6 is 0 Å². The van der Waals surface area contributed by atoms with Crippen molar-refractivity contribution in [2.45, 2.75) is 25.7 Å². The molecule has 1 saturated heterocycles. The van der Waals surface area contributed by atoms with E-state index in [1.807, 2.05) is 6.07 Å². The fraction of sp³-hybridized carbons (Fsp3) is 0.333. The number of nitriles is 1. The zero-order valence-corrected chi connectivity index (χ0v) is 11.5. The Balaban J connectivity index is 2.01. The molecule has 1 aromatic rings. The van der Waals surface area contributed by atoms with E-state index in [-0.39, 0.29) is 18.4 Å². The molecule has 6 nitrogen and oxygen atoms in total. The number of rotatable bonds is 3. The Morgan fingerprint density at radius 3 is 2.52 bits per heavy atom. The molecule has 1 fully saturated rings. The van der Waals surface area contributed by atoms with Gasteiger partial charge in [0.2, 0.25) is 17.7 Å². The van der Waals surface area contributed by atoms with Crippen molar-refractivity contribution < 1.29 is 14.4 Å². The number of amides is 3. The largest absolute Gasteiger partial charge is 0.324 e. The number of hydrogen-bond acceptors (Lipinski definition) is 4. The van der Waals surface area contributed by atoms with Crippen LogP contribution in [0.25, 0.3) is 0 Å². The van der Waals surface area contributed by atoms with E-state index < -0.39 is 5.91 Å². The monoisotopic (exact) mass is 285 g/mol. The highest BCUT2D eigenvalue weighted by Crippen LogP contribution is 2.13. The van der Waals surface area contributed by atoms with E-state index in [1.165, 1.54) is 6.07 Å². The number of nitrogens with one attached hydrogen (secondary N) is 1. The second kappa shape index (κ2) is 6.66. The lowest BCUT2D eigenvalue weighted by Gasteiger charge is -2.18. The van der Waals surface area contributed by atoms with Crippen molar-refractivity contribution in [1.82, 2.24) is 4.90 Å². The standard InChI is InChI=1S/C15H15N3O3/c16-9-11-4-3-5-12(8-11)17-13(19)10-18-14(20)6-1-2-7-15(18)21/h3-5,8H,1-2,6-7,10H2,(H,17,19). The molecular weight excluding hydrogens is 270 g/mol. The second-order valence-electron chi connectivity index (χ2n) is 4.82. The summed E-state index contributed by atoms with van der Waals surface area (Å²) in [6.45, 7) is -0.283. The van der Waals surface area contributed by atoms with Crippen LogP contribution in [0.4, 0.5) is 5.69 Å². The lowest BCUT2D eigenvalue weighted by atomic mass is 10.2. The molecule has 2 rings (SSSR count). The number of carbonyl (C=O) groups excluding carboxylic acids is 3. The summed E-state index contributed by atoms with van der Waals surface area (Å²) in [4.78, 5) is 36.5. The van der Waals surface area contributed by atoms with Crippen molar-refractivity contribution in [3.8, 4) is 6.07 Å². The highest BCUT2D eigenvalue weighted by atomic mass is 16.2. The van der Waals surface area contributed by atoms with Gasteiger partial charge in [-0.1, -0.05) is 6.07 Å². The van der Waals surface area contributed by atoms with E-state index in [2.05, 4.69) is 5.32 Å². The SMILES string of the molecule is N#Cc1cccc(NC(=O)CN2C(=O)CCCCC2=O)c1. The predicted octanol–water partition coefficient (Wildman–Crippen LogP) is 1.43. The molecule has 1 heterocycles. The maximum absolute atomic E-state index is 11.9. The fourth-order valence-electron chi connectivity index (χ4n) is 2.15. The van der Waals surface area contributed by atoms with Crippen LogP contribution in [-0.4, -0.2) is 29.2 Å². The molecule has 0 radical (unpaired) electrons. The highest BCUT2D eigenvalue weighted by Gasteiger charge is 2.25. The maximum Gasteiger partial charge on any atom is 0.244 e. The fourth-order valence-corrected chi connectivity index (χ4v) is 2.15. The van der Waals surface area contributed by atoms with E-state index in [1.54, 1.807) is 18.2 Å². The molecule has 0 saturated carbocycles. The van der Waals surface area contributed by atoms with Gasteiger partial charge in [-0.25, -0.2) is 0 Å². The average molecular weight is 285 g/mol. The zero-order chi connectivity index (χ0) is 15.2. The van der Waals surface area contributed by atoms with Crippen LogP contribution < -0.4 is 5.32 Å². The van der Waals surface area contributed by atoms with E-state index >= 15 is 0 Å². The first-order valence-electron chi connectivity index (χ1n) is 6.73.